The number of aryl methyl sites for hydroxylation is 4. The smallest absolute Gasteiger partial charge is 0.280 e. The minimum atomic E-state index is -0.694. The summed E-state index contributed by atoms with van der Waals surface area (Å²) >= 11 is 5.36. The lowest BCUT2D eigenvalue weighted by molar-refractivity contribution is -0.385. The molecule has 0 unspecified atom stereocenters. The standard InChI is InChI=1S/C13H16N4O3.C12H12ClNO3/c1-3-4-5-9-6-8(2)10(7-11(9)17(19)20)12(18)16-13(14)15;1-3-4-5-9-6-8(2)10(12(13)15)7-11(9)14(16)17/h3,6-7H,1,4-5H2,2H3,(H4,14,15,16,18);3,6-7H,1,4-5H2,2H3. The van der Waals surface area contributed by atoms with Crippen LogP contribution in [0.1, 0.15) is 55.8 Å². The normalized spacial score (nSPS) is 9.92. The predicted molar refractivity (Wildman–Crippen MR) is 143 cm³/mol. The van der Waals surface area contributed by atoms with Gasteiger partial charge in [0.2, 0.25) is 0 Å². The van der Waals surface area contributed by atoms with Crippen molar-refractivity contribution >= 4 is 40.1 Å². The molecule has 0 aliphatic carbocycles. The second-order valence-corrected chi connectivity index (χ2v) is 8.22. The SMILES string of the molecule is C=CCCc1cc(C)c(C(=O)Cl)cc1[N+](=O)[O-].C=CCCc1cc(C)c(C(=O)N=C(N)N)cc1[N+](=O)[O-]. The van der Waals surface area contributed by atoms with E-state index < -0.39 is 21.0 Å². The van der Waals surface area contributed by atoms with Crippen molar-refractivity contribution in [3.63, 3.8) is 0 Å². The van der Waals surface area contributed by atoms with E-state index in [0.717, 1.165) is 0 Å². The van der Waals surface area contributed by atoms with Crippen LogP contribution < -0.4 is 11.5 Å². The Kier molecular flexibility index (Phi) is 11.8. The molecule has 0 aromatic heterocycles. The van der Waals surface area contributed by atoms with Gasteiger partial charge in [0, 0.05) is 28.8 Å². The van der Waals surface area contributed by atoms with E-state index in [9.17, 15) is 29.8 Å². The van der Waals surface area contributed by atoms with Gasteiger partial charge in [-0.25, -0.2) is 0 Å². The molecule has 2 aromatic carbocycles. The number of nitrogens with zero attached hydrogens (tertiary/aromatic N) is 3. The lowest BCUT2D eigenvalue weighted by Crippen LogP contribution is -2.24. The maximum absolute atomic E-state index is 11.8. The van der Waals surface area contributed by atoms with Gasteiger partial charge in [0.05, 0.1) is 15.4 Å². The first-order valence-electron chi connectivity index (χ1n) is 10.9. The molecule has 196 valence electrons. The summed E-state index contributed by atoms with van der Waals surface area (Å²) in [5.41, 5.74) is 12.8. The Hall–Kier alpha value is -4.38. The quantitative estimate of drug-likeness (QED) is 0.109. The summed E-state index contributed by atoms with van der Waals surface area (Å²) in [5, 5.41) is 21.3. The van der Waals surface area contributed by atoms with Gasteiger partial charge < -0.3 is 11.5 Å². The van der Waals surface area contributed by atoms with Crippen molar-refractivity contribution in [1.29, 1.82) is 0 Å². The number of hydrogen-bond acceptors (Lipinski definition) is 6. The van der Waals surface area contributed by atoms with Gasteiger partial charge in [-0.3, -0.25) is 29.8 Å². The zero-order chi connectivity index (χ0) is 28.3. The highest BCUT2D eigenvalue weighted by atomic mass is 35.5. The van der Waals surface area contributed by atoms with Gasteiger partial charge in [-0.15, -0.1) is 13.2 Å². The third-order valence-electron chi connectivity index (χ3n) is 5.15. The number of nitro benzene ring substituents is 2. The fourth-order valence-corrected chi connectivity index (χ4v) is 3.59. The average molecular weight is 530 g/mol. The largest absolute Gasteiger partial charge is 0.370 e. The first-order valence-corrected chi connectivity index (χ1v) is 11.3. The van der Waals surface area contributed by atoms with Crippen LogP contribution in [0.25, 0.3) is 0 Å². The minimum Gasteiger partial charge on any atom is -0.370 e. The van der Waals surface area contributed by atoms with Crippen LogP contribution in [0.2, 0.25) is 0 Å². The van der Waals surface area contributed by atoms with Crippen molar-refractivity contribution in [1.82, 2.24) is 0 Å². The molecule has 0 atom stereocenters. The minimum absolute atomic E-state index is 0.0681. The van der Waals surface area contributed by atoms with E-state index in [-0.39, 0.29) is 28.5 Å². The van der Waals surface area contributed by atoms with E-state index in [2.05, 4.69) is 18.2 Å². The molecule has 12 heteroatoms. The van der Waals surface area contributed by atoms with Crippen LogP contribution in [0, 0.1) is 34.1 Å². The van der Waals surface area contributed by atoms with Crippen LogP contribution in [0.5, 0.6) is 0 Å². The molecule has 0 spiro atoms. The number of benzene rings is 2. The number of guanidine groups is 1. The Morgan fingerprint density at radius 3 is 1.65 bits per heavy atom. The van der Waals surface area contributed by atoms with E-state index in [0.29, 0.717) is 47.9 Å². The average Bonchev–Trinajstić information content (AvgIpc) is 2.80. The number of aliphatic imine (C=N–C) groups is 1. The molecule has 2 rings (SSSR count). The van der Waals surface area contributed by atoms with E-state index >= 15 is 0 Å². The lowest BCUT2D eigenvalue weighted by Gasteiger charge is -2.07. The third-order valence-corrected chi connectivity index (χ3v) is 5.36. The van der Waals surface area contributed by atoms with Crippen LogP contribution in [-0.4, -0.2) is 27.0 Å². The molecule has 37 heavy (non-hydrogen) atoms. The van der Waals surface area contributed by atoms with Crippen molar-refractivity contribution in [2.75, 3.05) is 0 Å². The monoisotopic (exact) mass is 529 g/mol. The van der Waals surface area contributed by atoms with Crippen LogP contribution >= 0.6 is 11.6 Å². The molecule has 11 nitrogen and oxygen atoms in total. The molecule has 0 radical (unpaired) electrons. The van der Waals surface area contributed by atoms with Crippen molar-refractivity contribution in [3.05, 3.63) is 103 Å². The zero-order valence-corrected chi connectivity index (χ0v) is 21.3. The number of nitrogens with two attached hydrogens (primary N) is 2. The number of carbonyl (C=O) groups is 2. The van der Waals surface area contributed by atoms with E-state index in [4.69, 9.17) is 23.1 Å². The van der Waals surface area contributed by atoms with Crippen molar-refractivity contribution < 1.29 is 19.4 Å². The maximum Gasteiger partial charge on any atom is 0.280 e. The molecule has 4 N–H and O–H groups in total. The third kappa shape index (κ3) is 8.97. The van der Waals surface area contributed by atoms with Gasteiger partial charge in [0.1, 0.15) is 0 Å². The Bertz CT molecular complexity index is 1270. The molecule has 2 aromatic rings. The van der Waals surface area contributed by atoms with Gasteiger partial charge in [-0.1, -0.05) is 12.2 Å². The second kappa shape index (κ2) is 14.2. The molecule has 0 saturated heterocycles. The van der Waals surface area contributed by atoms with Crippen LogP contribution in [0.15, 0.2) is 54.6 Å². The number of hydrogen-bond donors (Lipinski definition) is 2. The molecule has 0 bridgehead atoms. The lowest BCUT2D eigenvalue weighted by atomic mass is 9.99. The Morgan fingerprint density at radius 1 is 0.892 bits per heavy atom. The molecule has 0 heterocycles. The summed E-state index contributed by atoms with van der Waals surface area (Å²) in [6, 6.07) is 5.69. The molecule has 0 aliphatic heterocycles. The van der Waals surface area contributed by atoms with Crippen molar-refractivity contribution in [2.24, 2.45) is 16.5 Å². The predicted octanol–water partition coefficient (Wildman–Crippen LogP) is 4.84. The maximum atomic E-state index is 11.8. The van der Waals surface area contributed by atoms with E-state index in [1.54, 1.807) is 38.1 Å². The number of halogens is 1. The van der Waals surface area contributed by atoms with Crippen LogP contribution in [0.4, 0.5) is 11.4 Å². The van der Waals surface area contributed by atoms with Gasteiger partial charge >= 0.3 is 0 Å². The van der Waals surface area contributed by atoms with Crippen LogP contribution in [-0.2, 0) is 12.8 Å². The van der Waals surface area contributed by atoms with E-state index in [1.807, 2.05) is 0 Å². The Labute approximate surface area is 218 Å². The summed E-state index contributed by atoms with van der Waals surface area (Å²) in [6.45, 7) is 10.5. The van der Waals surface area contributed by atoms with Gasteiger partial charge in [0.15, 0.2) is 5.96 Å². The Balaban J connectivity index is 0.000000375. The number of allylic oxidation sites excluding steroid dienone is 2. The van der Waals surface area contributed by atoms with Gasteiger partial charge in [-0.05, 0) is 74.4 Å². The number of carbonyl (C=O) groups excluding carboxylic acids is 2. The number of amides is 1. The molecule has 0 saturated carbocycles. The fourth-order valence-electron chi connectivity index (χ4n) is 3.39. The number of nitro groups is 2. The highest BCUT2D eigenvalue weighted by Crippen LogP contribution is 2.27. The summed E-state index contributed by atoms with van der Waals surface area (Å²) < 4.78 is 0. The van der Waals surface area contributed by atoms with E-state index in [1.165, 1.54) is 12.1 Å². The van der Waals surface area contributed by atoms with Crippen LogP contribution in [0.3, 0.4) is 0 Å². The van der Waals surface area contributed by atoms with Crippen molar-refractivity contribution in [3.8, 4) is 0 Å². The molecule has 1 amide bonds. The van der Waals surface area contributed by atoms with Gasteiger partial charge in [-0.2, -0.15) is 4.99 Å². The Morgan fingerprint density at radius 2 is 1.30 bits per heavy atom. The molecule has 0 fully saturated rings. The number of rotatable bonds is 10. The fraction of sp³-hybridized carbons (Fsp3) is 0.240. The summed E-state index contributed by atoms with van der Waals surface area (Å²) in [7, 11) is 0. The molecular formula is C25H28ClN5O6. The highest BCUT2D eigenvalue weighted by molar-refractivity contribution is 6.68. The zero-order valence-electron chi connectivity index (χ0n) is 20.5. The highest BCUT2D eigenvalue weighted by Gasteiger charge is 2.20. The molecule has 0 aliphatic rings. The first-order chi connectivity index (χ1) is 17.3. The topological polar surface area (TPSA) is 185 Å². The first kappa shape index (κ1) is 30.7. The van der Waals surface area contributed by atoms with Crippen molar-refractivity contribution in [2.45, 2.75) is 39.5 Å². The summed E-state index contributed by atoms with van der Waals surface area (Å²) in [5.74, 6) is -1.08. The second-order valence-electron chi connectivity index (χ2n) is 7.88. The molecular weight excluding hydrogens is 502 g/mol. The van der Waals surface area contributed by atoms with Gasteiger partial charge in [0.25, 0.3) is 22.5 Å². The summed E-state index contributed by atoms with van der Waals surface area (Å²) in [4.78, 5) is 47.2. The summed E-state index contributed by atoms with van der Waals surface area (Å²) in [6.07, 6.45) is 5.64.